The van der Waals surface area contributed by atoms with Crippen LogP contribution in [0.1, 0.15) is 181 Å². The zero-order valence-corrected chi connectivity index (χ0v) is 30.3. The minimum atomic E-state index is -0.304. The normalized spacial score (nSPS) is 20.2. The van der Waals surface area contributed by atoms with E-state index in [0.717, 1.165) is 38.8 Å². The van der Waals surface area contributed by atoms with Crippen LogP contribution >= 0.6 is 0 Å². The minimum Gasteiger partial charge on any atom is -0.343 e. The summed E-state index contributed by atoms with van der Waals surface area (Å²) in [5, 5.41) is 0. The molecule has 0 aromatic rings. The Hall–Kier alpha value is -1.16. The van der Waals surface area contributed by atoms with Crippen LogP contribution in [0.3, 0.4) is 0 Å². The third-order valence-corrected chi connectivity index (χ3v) is 9.65. The third-order valence-electron chi connectivity index (χ3n) is 9.65. The van der Waals surface area contributed by atoms with E-state index >= 15 is 0 Å². The van der Waals surface area contributed by atoms with E-state index in [0.29, 0.717) is 0 Å². The fourth-order valence-electron chi connectivity index (χ4n) is 6.86. The van der Waals surface area contributed by atoms with E-state index in [4.69, 9.17) is 9.47 Å². The Labute approximate surface area is 281 Å². The summed E-state index contributed by atoms with van der Waals surface area (Å²) < 4.78 is 13.4. The number of hydrogen-bond acceptors (Lipinski definition) is 3. The predicted octanol–water partition coefficient (Wildman–Crippen LogP) is 12.8. The van der Waals surface area contributed by atoms with Crippen LogP contribution < -0.4 is 0 Å². The molecule has 0 spiro atoms. The molecule has 3 nitrogen and oxygen atoms in total. The topological polar surface area (TPSA) is 21.7 Å². The number of fused-ring (bicyclic) bond motifs is 1. The Balaban J connectivity index is 1.50. The highest BCUT2D eigenvalue weighted by molar-refractivity contribution is 4.95. The Morgan fingerprint density at radius 2 is 0.800 bits per heavy atom. The van der Waals surface area contributed by atoms with Gasteiger partial charge in [0.2, 0.25) is 0 Å². The highest BCUT2D eigenvalue weighted by Gasteiger charge is 2.49. The molecule has 0 aromatic carbocycles. The number of ether oxygens (including phenoxy) is 2. The van der Waals surface area contributed by atoms with Crippen LogP contribution in [0.4, 0.5) is 0 Å². The first-order valence-electron chi connectivity index (χ1n) is 19.8. The van der Waals surface area contributed by atoms with Gasteiger partial charge in [-0.2, -0.15) is 0 Å². The largest absolute Gasteiger partial charge is 0.343 e. The van der Waals surface area contributed by atoms with Gasteiger partial charge in [-0.1, -0.05) is 140 Å². The summed E-state index contributed by atoms with van der Waals surface area (Å²) in [5.74, 6) is -0.304. The molecule has 2 aliphatic rings. The van der Waals surface area contributed by atoms with E-state index in [1.807, 2.05) is 0 Å². The summed E-state index contributed by atoms with van der Waals surface area (Å²) in [6, 6.07) is 0. The molecule has 2 rings (SSSR count). The van der Waals surface area contributed by atoms with Gasteiger partial charge in [0.25, 0.3) is 0 Å². The third kappa shape index (κ3) is 20.6. The summed E-state index contributed by atoms with van der Waals surface area (Å²) in [4.78, 5) is 2.36. The summed E-state index contributed by atoms with van der Waals surface area (Å²) >= 11 is 0. The second-order valence-corrected chi connectivity index (χ2v) is 14.1. The van der Waals surface area contributed by atoms with Crippen molar-refractivity contribution in [1.29, 1.82) is 0 Å². The van der Waals surface area contributed by atoms with E-state index in [9.17, 15) is 0 Å². The standard InChI is InChI=1S/C42H75NO2/c1-4-6-8-10-12-14-16-18-20-22-24-26-28-30-32-34-36-42(44-40-38-43(3)39-41(40)45-42)37-35-33-31-29-27-25-23-21-19-17-15-13-11-9-7-5-2/h12-15,18-21,40-41H,4-11,16-17,22-39H2,1-3H3/t40-,41-/m1/s1. The average Bonchev–Trinajstić information content (AvgIpc) is 3.54. The molecular weight excluding hydrogens is 550 g/mol. The molecule has 2 heterocycles. The first kappa shape index (κ1) is 40.0. The summed E-state index contributed by atoms with van der Waals surface area (Å²) in [5.41, 5.74) is 0. The average molecular weight is 626 g/mol. The maximum Gasteiger partial charge on any atom is 0.169 e. The Morgan fingerprint density at radius 3 is 1.18 bits per heavy atom. The lowest BCUT2D eigenvalue weighted by atomic mass is 9.98. The van der Waals surface area contributed by atoms with Crippen molar-refractivity contribution in [2.24, 2.45) is 0 Å². The SMILES string of the molecule is CCCCCC=CCC=CCCCCCCCCC1(CCCCCCCCC=CCC=CCCCCC)O[C@@H]2CN(C)C[C@H]2O1. The van der Waals surface area contributed by atoms with Crippen LogP contribution in [0.25, 0.3) is 0 Å². The van der Waals surface area contributed by atoms with Crippen LogP contribution in [0.2, 0.25) is 0 Å². The lowest BCUT2D eigenvalue weighted by Gasteiger charge is -2.30. The molecular formula is C42H75NO2. The van der Waals surface area contributed by atoms with Crippen LogP contribution in [0, 0.1) is 0 Å². The Kier molecular flexibility index (Phi) is 24.8. The van der Waals surface area contributed by atoms with Gasteiger partial charge in [0, 0.05) is 25.9 Å². The van der Waals surface area contributed by atoms with Gasteiger partial charge in [0.15, 0.2) is 5.79 Å². The van der Waals surface area contributed by atoms with Crippen molar-refractivity contribution in [2.45, 2.75) is 199 Å². The van der Waals surface area contributed by atoms with Gasteiger partial charge in [0.1, 0.15) is 12.2 Å². The van der Waals surface area contributed by atoms with Crippen molar-refractivity contribution in [3.63, 3.8) is 0 Å². The molecule has 2 saturated heterocycles. The lowest BCUT2D eigenvalue weighted by Crippen LogP contribution is -2.34. The second kappa shape index (κ2) is 27.9. The maximum absolute atomic E-state index is 6.70. The summed E-state index contributed by atoms with van der Waals surface area (Å²) in [6.45, 7) is 6.59. The number of unbranched alkanes of at least 4 members (excludes halogenated alkanes) is 18. The van der Waals surface area contributed by atoms with Crippen LogP contribution in [-0.2, 0) is 9.47 Å². The molecule has 0 radical (unpaired) electrons. The van der Waals surface area contributed by atoms with Gasteiger partial charge < -0.3 is 14.4 Å². The van der Waals surface area contributed by atoms with Crippen LogP contribution in [0.5, 0.6) is 0 Å². The van der Waals surface area contributed by atoms with Gasteiger partial charge in [0.05, 0.1) is 0 Å². The smallest absolute Gasteiger partial charge is 0.169 e. The van der Waals surface area contributed by atoms with E-state index in [1.165, 1.54) is 141 Å². The van der Waals surface area contributed by atoms with Crippen LogP contribution in [0.15, 0.2) is 48.6 Å². The zero-order valence-electron chi connectivity index (χ0n) is 30.3. The first-order chi connectivity index (χ1) is 22.2. The summed E-state index contributed by atoms with van der Waals surface area (Å²) in [7, 11) is 2.19. The molecule has 0 amide bonds. The molecule has 0 bridgehead atoms. The molecule has 0 saturated carbocycles. The molecule has 2 aliphatic heterocycles. The number of rotatable bonds is 30. The molecule has 3 heteroatoms. The zero-order chi connectivity index (χ0) is 32.1. The monoisotopic (exact) mass is 626 g/mol. The highest BCUT2D eigenvalue weighted by atomic mass is 16.8. The molecule has 2 atom stereocenters. The molecule has 260 valence electrons. The van der Waals surface area contributed by atoms with Crippen molar-refractivity contribution < 1.29 is 9.47 Å². The van der Waals surface area contributed by atoms with Crippen molar-refractivity contribution in [3.8, 4) is 0 Å². The van der Waals surface area contributed by atoms with Gasteiger partial charge in [-0.3, -0.25) is 0 Å². The number of hydrogen-bond donors (Lipinski definition) is 0. The first-order valence-corrected chi connectivity index (χ1v) is 19.8. The van der Waals surface area contributed by atoms with Crippen LogP contribution in [-0.4, -0.2) is 43.0 Å². The number of allylic oxidation sites excluding steroid dienone is 8. The number of likely N-dealkylation sites (tertiary alicyclic amines) is 1. The van der Waals surface area contributed by atoms with Gasteiger partial charge >= 0.3 is 0 Å². The molecule has 0 N–H and O–H groups in total. The fourth-order valence-corrected chi connectivity index (χ4v) is 6.86. The number of likely N-dealkylation sites (N-methyl/N-ethyl adjacent to an activating group) is 1. The van der Waals surface area contributed by atoms with Crippen molar-refractivity contribution in [2.75, 3.05) is 20.1 Å². The van der Waals surface area contributed by atoms with Gasteiger partial charge in [-0.15, -0.1) is 0 Å². The molecule has 0 unspecified atom stereocenters. The van der Waals surface area contributed by atoms with Gasteiger partial charge in [-0.25, -0.2) is 0 Å². The number of nitrogens with zero attached hydrogens (tertiary/aromatic N) is 1. The summed E-state index contributed by atoms with van der Waals surface area (Å²) in [6.07, 6.45) is 52.7. The highest BCUT2D eigenvalue weighted by Crippen LogP contribution is 2.40. The molecule has 0 aliphatic carbocycles. The predicted molar refractivity (Wildman–Crippen MR) is 198 cm³/mol. The fraction of sp³-hybridized carbons (Fsp3) is 0.810. The Morgan fingerprint density at radius 1 is 0.467 bits per heavy atom. The van der Waals surface area contributed by atoms with Crippen molar-refractivity contribution >= 4 is 0 Å². The van der Waals surface area contributed by atoms with E-state index < -0.39 is 0 Å². The maximum atomic E-state index is 6.70. The quantitative estimate of drug-likeness (QED) is 0.0585. The molecule has 2 fully saturated rings. The molecule has 45 heavy (non-hydrogen) atoms. The van der Waals surface area contributed by atoms with Crippen molar-refractivity contribution in [1.82, 2.24) is 4.90 Å². The van der Waals surface area contributed by atoms with E-state index in [2.05, 4.69) is 74.4 Å². The van der Waals surface area contributed by atoms with Crippen molar-refractivity contribution in [3.05, 3.63) is 48.6 Å². The second-order valence-electron chi connectivity index (χ2n) is 14.1. The van der Waals surface area contributed by atoms with Gasteiger partial charge in [-0.05, 0) is 84.1 Å². The lowest BCUT2D eigenvalue weighted by molar-refractivity contribution is -0.193. The molecule has 0 aromatic heterocycles. The Bertz CT molecular complexity index is 720. The van der Waals surface area contributed by atoms with E-state index in [1.54, 1.807) is 0 Å². The minimum absolute atomic E-state index is 0.282. The van der Waals surface area contributed by atoms with E-state index in [-0.39, 0.29) is 18.0 Å².